The topological polar surface area (TPSA) is 73.2 Å². The molecule has 0 saturated carbocycles. The van der Waals surface area contributed by atoms with Crippen molar-refractivity contribution in [2.45, 2.75) is 6.61 Å². The number of hydrogen-bond donors (Lipinski definition) is 1. The van der Waals surface area contributed by atoms with E-state index in [2.05, 4.69) is 10.3 Å². The Morgan fingerprint density at radius 2 is 2.00 bits per heavy atom. The summed E-state index contributed by atoms with van der Waals surface area (Å²) in [5.41, 5.74) is 1.83. The number of hydrogen-bond acceptors (Lipinski definition) is 4. The fraction of sp³-hybridized carbons (Fsp3) is 0.211. The van der Waals surface area contributed by atoms with Gasteiger partial charge in [0.05, 0.1) is 30.4 Å². The quantitative estimate of drug-likeness (QED) is 0.676. The Morgan fingerprint density at radius 3 is 2.77 bits per heavy atom. The average molecular weight is 372 g/mol. The molecule has 1 heterocycles. The molecule has 0 spiro atoms. The van der Waals surface area contributed by atoms with Crippen molar-refractivity contribution in [3.05, 3.63) is 75.3 Å². The molecule has 1 N–H and O–H groups in total. The predicted octanol–water partition coefficient (Wildman–Crippen LogP) is 2.53. The van der Waals surface area contributed by atoms with Crippen LogP contribution in [0.15, 0.2) is 53.6 Å². The Kier molecular flexibility index (Phi) is 5.65. The van der Waals surface area contributed by atoms with Crippen molar-refractivity contribution < 1.29 is 9.53 Å². The number of rotatable bonds is 6. The van der Waals surface area contributed by atoms with Gasteiger partial charge in [-0.1, -0.05) is 23.7 Å². The van der Waals surface area contributed by atoms with E-state index in [-0.39, 0.29) is 11.5 Å². The van der Waals surface area contributed by atoms with Crippen LogP contribution in [0, 0.1) is 0 Å². The molecule has 6 nitrogen and oxygen atoms in total. The Hall–Kier alpha value is -2.70. The van der Waals surface area contributed by atoms with E-state index in [1.54, 1.807) is 25.2 Å². The molecule has 0 saturated heterocycles. The summed E-state index contributed by atoms with van der Waals surface area (Å²) in [6.07, 6.45) is 1.44. The van der Waals surface area contributed by atoms with Gasteiger partial charge in [-0.15, -0.1) is 0 Å². The van der Waals surface area contributed by atoms with E-state index in [1.165, 1.54) is 10.9 Å². The molecular weight excluding hydrogens is 354 g/mol. The molecule has 0 aliphatic heterocycles. The van der Waals surface area contributed by atoms with Gasteiger partial charge in [0.2, 0.25) is 0 Å². The smallest absolute Gasteiger partial charge is 0.260 e. The maximum absolute atomic E-state index is 12.2. The summed E-state index contributed by atoms with van der Waals surface area (Å²) in [5, 5.41) is 3.96. The van der Waals surface area contributed by atoms with E-state index in [1.807, 2.05) is 24.3 Å². The minimum atomic E-state index is -0.232. The van der Waals surface area contributed by atoms with Crippen LogP contribution in [0.4, 0.5) is 0 Å². The molecule has 0 aliphatic rings. The number of nitrogens with zero attached hydrogens (tertiary/aromatic N) is 2. The number of amides is 1. The summed E-state index contributed by atoms with van der Waals surface area (Å²) in [5.74, 6) is -0.232. The van der Waals surface area contributed by atoms with Crippen LogP contribution >= 0.6 is 11.6 Å². The number of aromatic nitrogens is 2. The SMILES string of the molecule is Cn1cnc2cc(C(=O)NCCOCc3ccc(Cl)cc3)ccc2c1=O. The van der Waals surface area contributed by atoms with E-state index in [0.29, 0.717) is 41.2 Å². The molecule has 2 aromatic carbocycles. The largest absolute Gasteiger partial charge is 0.375 e. The number of carbonyl (C=O) groups is 1. The van der Waals surface area contributed by atoms with Gasteiger partial charge in [0.1, 0.15) is 0 Å². The zero-order valence-corrected chi connectivity index (χ0v) is 15.0. The van der Waals surface area contributed by atoms with E-state index < -0.39 is 0 Å². The van der Waals surface area contributed by atoms with Crippen LogP contribution in [-0.2, 0) is 18.4 Å². The number of aryl methyl sites for hydroxylation is 1. The maximum atomic E-state index is 12.2. The van der Waals surface area contributed by atoms with E-state index in [4.69, 9.17) is 16.3 Å². The molecule has 0 radical (unpaired) electrons. The molecule has 0 aliphatic carbocycles. The molecule has 26 heavy (non-hydrogen) atoms. The van der Waals surface area contributed by atoms with Gasteiger partial charge in [-0.25, -0.2) is 4.98 Å². The first kappa shape index (κ1) is 18.1. The molecule has 3 rings (SSSR count). The highest BCUT2D eigenvalue weighted by atomic mass is 35.5. The number of halogens is 1. The third-order valence-corrected chi connectivity index (χ3v) is 4.15. The third kappa shape index (κ3) is 4.28. The zero-order chi connectivity index (χ0) is 18.5. The van der Waals surface area contributed by atoms with Gasteiger partial charge in [-0.3, -0.25) is 9.59 Å². The number of nitrogens with one attached hydrogen (secondary N) is 1. The molecule has 0 bridgehead atoms. The Morgan fingerprint density at radius 1 is 1.23 bits per heavy atom. The van der Waals surface area contributed by atoms with Crippen LogP contribution < -0.4 is 10.9 Å². The van der Waals surface area contributed by atoms with Crippen molar-refractivity contribution in [1.82, 2.24) is 14.9 Å². The average Bonchev–Trinajstić information content (AvgIpc) is 2.65. The number of benzene rings is 2. The summed E-state index contributed by atoms with van der Waals surface area (Å²) >= 11 is 5.83. The van der Waals surface area contributed by atoms with Crippen LogP contribution in [0.5, 0.6) is 0 Å². The van der Waals surface area contributed by atoms with Gasteiger partial charge in [0.15, 0.2) is 0 Å². The predicted molar refractivity (Wildman–Crippen MR) is 100 cm³/mol. The lowest BCUT2D eigenvalue weighted by atomic mass is 10.1. The van der Waals surface area contributed by atoms with Crippen LogP contribution in [0.25, 0.3) is 10.9 Å². The van der Waals surface area contributed by atoms with Crippen LogP contribution in [0.3, 0.4) is 0 Å². The number of carbonyl (C=O) groups excluding carboxylic acids is 1. The Bertz CT molecular complexity index is 983. The Balaban J connectivity index is 1.52. The zero-order valence-electron chi connectivity index (χ0n) is 14.2. The molecule has 7 heteroatoms. The second-order valence-electron chi connectivity index (χ2n) is 5.83. The summed E-state index contributed by atoms with van der Waals surface area (Å²) in [7, 11) is 1.64. The molecule has 1 amide bonds. The molecule has 0 unspecified atom stereocenters. The highest BCUT2D eigenvalue weighted by Crippen LogP contribution is 2.11. The van der Waals surface area contributed by atoms with Gasteiger partial charge < -0.3 is 14.6 Å². The number of fused-ring (bicyclic) bond motifs is 1. The standard InChI is InChI=1S/C19H18ClN3O3/c1-23-12-22-17-10-14(4-7-16(17)19(23)25)18(24)21-8-9-26-11-13-2-5-15(20)6-3-13/h2-7,10,12H,8-9,11H2,1H3,(H,21,24). The van der Waals surface area contributed by atoms with E-state index >= 15 is 0 Å². The first-order chi connectivity index (χ1) is 12.5. The lowest BCUT2D eigenvalue weighted by molar-refractivity contribution is 0.0901. The van der Waals surface area contributed by atoms with E-state index in [9.17, 15) is 9.59 Å². The maximum Gasteiger partial charge on any atom is 0.260 e. The highest BCUT2D eigenvalue weighted by molar-refractivity contribution is 6.30. The lowest BCUT2D eigenvalue weighted by Crippen LogP contribution is -2.27. The van der Waals surface area contributed by atoms with Crippen molar-refractivity contribution in [1.29, 1.82) is 0 Å². The van der Waals surface area contributed by atoms with Gasteiger partial charge in [-0.2, -0.15) is 0 Å². The Labute approximate surface area is 155 Å². The van der Waals surface area contributed by atoms with Crippen molar-refractivity contribution in [3.63, 3.8) is 0 Å². The lowest BCUT2D eigenvalue weighted by Gasteiger charge is -2.08. The van der Waals surface area contributed by atoms with Crippen molar-refractivity contribution in [2.75, 3.05) is 13.2 Å². The first-order valence-electron chi connectivity index (χ1n) is 8.10. The van der Waals surface area contributed by atoms with Gasteiger partial charge in [0.25, 0.3) is 11.5 Å². The number of ether oxygens (including phenoxy) is 1. The molecule has 0 atom stereocenters. The minimum Gasteiger partial charge on any atom is -0.375 e. The molecule has 1 aromatic heterocycles. The minimum absolute atomic E-state index is 0.141. The van der Waals surface area contributed by atoms with Crippen molar-refractivity contribution in [3.8, 4) is 0 Å². The molecule has 3 aromatic rings. The van der Waals surface area contributed by atoms with Crippen LogP contribution in [0.2, 0.25) is 5.02 Å². The fourth-order valence-corrected chi connectivity index (χ4v) is 2.59. The monoisotopic (exact) mass is 371 g/mol. The van der Waals surface area contributed by atoms with Gasteiger partial charge in [-0.05, 0) is 35.9 Å². The summed E-state index contributed by atoms with van der Waals surface area (Å²) in [6, 6.07) is 12.3. The molecule has 0 fully saturated rings. The van der Waals surface area contributed by atoms with Crippen LogP contribution in [-0.4, -0.2) is 28.6 Å². The summed E-state index contributed by atoms with van der Waals surface area (Å²) < 4.78 is 6.93. The first-order valence-corrected chi connectivity index (χ1v) is 8.48. The van der Waals surface area contributed by atoms with Crippen LogP contribution in [0.1, 0.15) is 15.9 Å². The van der Waals surface area contributed by atoms with Gasteiger partial charge in [0, 0.05) is 24.2 Å². The second kappa shape index (κ2) is 8.12. The highest BCUT2D eigenvalue weighted by Gasteiger charge is 2.08. The fourth-order valence-electron chi connectivity index (χ4n) is 2.46. The van der Waals surface area contributed by atoms with Crippen molar-refractivity contribution >= 4 is 28.4 Å². The van der Waals surface area contributed by atoms with Crippen molar-refractivity contribution in [2.24, 2.45) is 7.05 Å². The van der Waals surface area contributed by atoms with E-state index in [0.717, 1.165) is 5.56 Å². The summed E-state index contributed by atoms with van der Waals surface area (Å²) in [6.45, 7) is 1.23. The summed E-state index contributed by atoms with van der Waals surface area (Å²) in [4.78, 5) is 28.4. The second-order valence-corrected chi connectivity index (χ2v) is 6.26. The van der Waals surface area contributed by atoms with Gasteiger partial charge >= 0.3 is 0 Å². The normalized spacial score (nSPS) is 10.8. The third-order valence-electron chi connectivity index (χ3n) is 3.89. The molecule has 134 valence electrons. The molecular formula is C19H18ClN3O3.